The van der Waals surface area contributed by atoms with Crippen LogP contribution >= 0.6 is 0 Å². The average Bonchev–Trinajstić information content (AvgIpc) is 3.18. The quantitative estimate of drug-likeness (QED) is 0.527. The van der Waals surface area contributed by atoms with Crippen molar-refractivity contribution in [3.05, 3.63) is 70.8 Å². The smallest absolute Gasteiger partial charge is 0.372 e. The van der Waals surface area contributed by atoms with Crippen LogP contribution in [0.3, 0.4) is 0 Å². The first-order valence-corrected chi connectivity index (χ1v) is 11.3. The monoisotopic (exact) mass is 500 g/mol. The van der Waals surface area contributed by atoms with Crippen LogP contribution in [0.1, 0.15) is 54.5 Å². The predicted molar refractivity (Wildman–Crippen MR) is 116 cm³/mol. The minimum atomic E-state index is -4.92. The lowest BCUT2D eigenvalue weighted by molar-refractivity contribution is -0.143. The number of hydrogen-bond donors (Lipinski definition) is 2. The molecule has 2 saturated heterocycles. The first kappa shape index (κ1) is 25.5. The number of nitrogens with one attached hydrogen (secondary N) is 2. The van der Waals surface area contributed by atoms with Gasteiger partial charge in [-0.05, 0) is 49.1 Å². The maximum atomic E-state index is 13.3. The number of carbonyl (C=O) groups is 1. The minimum Gasteiger partial charge on any atom is -0.372 e. The first-order valence-electron chi connectivity index (χ1n) is 11.3. The Balaban J connectivity index is 1.58. The molecule has 4 rings (SSSR count). The molecule has 1 spiro atoms. The molecule has 10 heteroatoms. The van der Waals surface area contributed by atoms with E-state index in [-0.39, 0.29) is 29.6 Å². The van der Waals surface area contributed by atoms with Crippen LogP contribution in [-0.4, -0.2) is 25.6 Å². The van der Waals surface area contributed by atoms with E-state index in [1.165, 1.54) is 6.92 Å². The van der Waals surface area contributed by atoms with Gasteiger partial charge in [-0.15, -0.1) is 0 Å². The molecule has 2 aromatic carbocycles. The molecule has 3 atom stereocenters. The van der Waals surface area contributed by atoms with Gasteiger partial charge in [-0.1, -0.05) is 30.3 Å². The van der Waals surface area contributed by atoms with Crippen molar-refractivity contribution < 1.29 is 35.9 Å². The van der Waals surface area contributed by atoms with Crippen LogP contribution in [0.25, 0.3) is 0 Å². The Morgan fingerprint density at radius 2 is 1.57 bits per heavy atom. The van der Waals surface area contributed by atoms with E-state index in [0.29, 0.717) is 44.5 Å². The van der Waals surface area contributed by atoms with Crippen molar-refractivity contribution in [2.75, 3.05) is 19.7 Å². The highest BCUT2D eigenvalue weighted by atomic mass is 19.4. The Bertz CT molecular complexity index is 1030. The fourth-order valence-electron chi connectivity index (χ4n) is 4.85. The van der Waals surface area contributed by atoms with Gasteiger partial charge in [-0.2, -0.15) is 26.3 Å². The molecule has 35 heavy (non-hydrogen) atoms. The molecule has 190 valence electrons. The zero-order chi connectivity index (χ0) is 25.5. The number of rotatable bonds is 5. The molecule has 4 nitrogen and oxygen atoms in total. The number of piperidine rings is 1. The summed E-state index contributed by atoms with van der Waals surface area (Å²) in [6.45, 7) is 2.57. The highest BCUT2D eigenvalue weighted by Gasteiger charge is 2.47. The van der Waals surface area contributed by atoms with Crippen molar-refractivity contribution in [3.63, 3.8) is 0 Å². The largest absolute Gasteiger partial charge is 0.416 e. The summed E-state index contributed by atoms with van der Waals surface area (Å²) in [5, 5.41) is 6.36. The van der Waals surface area contributed by atoms with E-state index < -0.39 is 35.1 Å². The van der Waals surface area contributed by atoms with Gasteiger partial charge in [0.25, 0.3) is 0 Å². The van der Waals surface area contributed by atoms with E-state index in [9.17, 15) is 31.1 Å². The molecule has 2 N–H and O–H groups in total. The number of hydrogen-bond acceptors (Lipinski definition) is 3. The van der Waals surface area contributed by atoms with Gasteiger partial charge in [0.15, 0.2) is 0 Å². The second kappa shape index (κ2) is 9.13. The summed E-state index contributed by atoms with van der Waals surface area (Å²) < 4.78 is 85.7. The lowest BCUT2D eigenvalue weighted by Crippen LogP contribution is -2.56. The van der Waals surface area contributed by atoms with Crippen molar-refractivity contribution in [2.45, 2.75) is 50.2 Å². The van der Waals surface area contributed by atoms with Crippen molar-refractivity contribution in [1.29, 1.82) is 0 Å². The molecule has 1 amide bonds. The maximum Gasteiger partial charge on any atom is 0.416 e. The van der Waals surface area contributed by atoms with Crippen LogP contribution in [0.15, 0.2) is 48.5 Å². The van der Waals surface area contributed by atoms with Gasteiger partial charge in [-0.3, -0.25) is 4.79 Å². The zero-order valence-electron chi connectivity index (χ0n) is 19.0. The summed E-state index contributed by atoms with van der Waals surface area (Å²) in [6, 6.07) is 10.9. The predicted octanol–water partition coefficient (Wildman–Crippen LogP) is 5.59. The lowest BCUT2D eigenvalue weighted by Gasteiger charge is -2.46. The number of alkyl halides is 6. The van der Waals surface area contributed by atoms with Gasteiger partial charge in [0, 0.05) is 24.9 Å². The first-order chi connectivity index (χ1) is 16.3. The van der Waals surface area contributed by atoms with E-state index in [1.807, 2.05) is 30.3 Å². The summed E-state index contributed by atoms with van der Waals surface area (Å²) in [5.74, 6) is -0.00565. The molecule has 2 fully saturated rings. The lowest BCUT2D eigenvalue weighted by atomic mass is 9.71. The van der Waals surface area contributed by atoms with Gasteiger partial charge >= 0.3 is 12.4 Å². The molecule has 0 bridgehead atoms. The van der Waals surface area contributed by atoms with Crippen LogP contribution in [0.2, 0.25) is 0 Å². The van der Waals surface area contributed by atoms with E-state index in [1.54, 1.807) is 0 Å². The third kappa shape index (κ3) is 5.48. The van der Waals surface area contributed by atoms with Gasteiger partial charge in [-0.25, -0.2) is 0 Å². The van der Waals surface area contributed by atoms with Crippen LogP contribution in [0.5, 0.6) is 0 Å². The fraction of sp³-hybridized carbons (Fsp3) is 0.480. The Morgan fingerprint density at radius 1 is 0.943 bits per heavy atom. The maximum absolute atomic E-state index is 13.3. The number of halogens is 6. The van der Waals surface area contributed by atoms with Gasteiger partial charge < -0.3 is 15.4 Å². The number of amides is 1. The Kier molecular flexibility index (Phi) is 6.65. The second-order valence-corrected chi connectivity index (χ2v) is 9.55. The van der Waals surface area contributed by atoms with Crippen LogP contribution < -0.4 is 10.6 Å². The number of carbonyl (C=O) groups excluding carboxylic acids is 1. The van der Waals surface area contributed by atoms with E-state index >= 15 is 0 Å². The number of ether oxygens (including phenoxy) is 1. The normalized spacial score (nSPS) is 26.1. The zero-order valence-corrected chi connectivity index (χ0v) is 19.0. The minimum absolute atomic E-state index is 0.00565. The van der Waals surface area contributed by atoms with Crippen LogP contribution in [0.4, 0.5) is 26.3 Å². The standard InChI is InChI=1S/C25H26F6N2O2/c1-16(17-9-19(24(26,27)28)11-20(10-17)25(29,30)31)35-15-23(18-5-3-2-4-6-18)8-7-22(14-33-23)12-21(34)32-13-22/h2-6,9-11,16,33H,7-8,12-15H2,1H3,(H,32,34)/t16?,22-,23?/m1/s1. The van der Waals surface area contributed by atoms with Gasteiger partial charge in [0.1, 0.15) is 0 Å². The molecule has 0 aliphatic carbocycles. The van der Waals surface area contributed by atoms with E-state index in [0.717, 1.165) is 5.56 Å². The van der Waals surface area contributed by atoms with Crippen molar-refractivity contribution >= 4 is 5.91 Å². The number of benzene rings is 2. The van der Waals surface area contributed by atoms with E-state index in [4.69, 9.17) is 4.74 Å². The molecule has 2 aliphatic rings. The summed E-state index contributed by atoms with van der Waals surface area (Å²) in [6.07, 6.45) is -9.15. The Hall–Kier alpha value is -2.59. The van der Waals surface area contributed by atoms with Gasteiger partial charge in [0.05, 0.1) is 29.4 Å². The fourth-order valence-corrected chi connectivity index (χ4v) is 4.85. The van der Waals surface area contributed by atoms with Crippen LogP contribution in [0, 0.1) is 5.41 Å². The Labute approximate surface area is 199 Å². The molecular formula is C25H26F6N2O2. The molecule has 2 aliphatic heterocycles. The molecule has 0 saturated carbocycles. The molecule has 2 aromatic rings. The van der Waals surface area contributed by atoms with Crippen molar-refractivity contribution in [3.8, 4) is 0 Å². The van der Waals surface area contributed by atoms with Gasteiger partial charge in [0.2, 0.25) is 5.91 Å². The second-order valence-electron chi connectivity index (χ2n) is 9.55. The molecule has 0 aromatic heterocycles. The molecular weight excluding hydrogens is 474 g/mol. The molecule has 0 radical (unpaired) electrons. The van der Waals surface area contributed by atoms with E-state index in [2.05, 4.69) is 10.6 Å². The summed E-state index contributed by atoms with van der Waals surface area (Å²) in [7, 11) is 0. The Morgan fingerprint density at radius 3 is 2.06 bits per heavy atom. The highest BCUT2D eigenvalue weighted by molar-refractivity contribution is 5.79. The third-order valence-corrected chi connectivity index (χ3v) is 7.07. The molecule has 2 unspecified atom stereocenters. The SMILES string of the molecule is CC(OCC1(c2ccccc2)CC[C@@]2(CNC(=O)C2)CN1)c1cc(C(F)(F)F)cc(C(F)(F)F)c1. The summed E-state index contributed by atoms with van der Waals surface area (Å²) >= 11 is 0. The highest BCUT2D eigenvalue weighted by Crippen LogP contribution is 2.43. The third-order valence-electron chi connectivity index (χ3n) is 7.07. The topological polar surface area (TPSA) is 50.4 Å². The van der Waals surface area contributed by atoms with Crippen molar-refractivity contribution in [1.82, 2.24) is 10.6 Å². The summed E-state index contributed by atoms with van der Waals surface area (Å²) in [4.78, 5) is 11.8. The molecule has 2 heterocycles. The van der Waals surface area contributed by atoms with Crippen LogP contribution in [-0.2, 0) is 27.4 Å². The summed E-state index contributed by atoms with van der Waals surface area (Å²) in [5.41, 5.74) is -2.95. The van der Waals surface area contributed by atoms with Crippen molar-refractivity contribution in [2.24, 2.45) is 5.41 Å². The average molecular weight is 500 g/mol.